The van der Waals surface area contributed by atoms with Crippen LogP contribution in [0.3, 0.4) is 0 Å². The monoisotopic (exact) mass is 338 g/mol. The molecular formula is C14H12BrClN2O. The molecule has 1 amide bonds. The van der Waals surface area contributed by atoms with Crippen LogP contribution in [0.2, 0.25) is 5.02 Å². The van der Waals surface area contributed by atoms with Crippen LogP contribution in [0.25, 0.3) is 0 Å². The van der Waals surface area contributed by atoms with Gasteiger partial charge >= 0.3 is 0 Å². The fourth-order valence-electron chi connectivity index (χ4n) is 1.65. The molecule has 2 aromatic rings. The molecule has 1 aromatic carbocycles. The average Bonchev–Trinajstić information content (AvgIpc) is 2.36. The third kappa shape index (κ3) is 3.33. The Labute approximate surface area is 125 Å². The average molecular weight is 340 g/mol. The standard InChI is InChI=1S/C14H12BrClN2O/c1-8-3-6-13(9(2)17-8)18-14(19)10-4-5-12(16)11(15)7-10/h3-7H,1-2H3,(H,18,19). The molecule has 1 N–H and O–H groups in total. The van der Waals surface area contributed by atoms with Crippen LogP contribution >= 0.6 is 27.5 Å². The van der Waals surface area contributed by atoms with Crippen molar-refractivity contribution in [1.82, 2.24) is 4.98 Å². The number of carbonyl (C=O) groups excluding carboxylic acids is 1. The number of nitrogens with zero attached hydrogens (tertiary/aromatic N) is 1. The van der Waals surface area contributed by atoms with Gasteiger partial charge in [-0.1, -0.05) is 11.6 Å². The number of nitrogens with one attached hydrogen (secondary N) is 1. The number of aryl methyl sites for hydroxylation is 2. The van der Waals surface area contributed by atoms with Crippen LogP contribution in [0.5, 0.6) is 0 Å². The number of aromatic nitrogens is 1. The molecule has 0 saturated carbocycles. The number of halogens is 2. The highest BCUT2D eigenvalue weighted by Crippen LogP contribution is 2.24. The second-order valence-corrected chi connectivity index (χ2v) is 5.43. The molecule has 0 aliphatic rings. The van der Waals surface area contributed by atoms with Gasteiger partial charge in [0.15, 0.2) is 0 Å². The minimum atomic E-state index is -0.189. The van der Waals surface area contributed by atoms with E-state index in [-0.39, 0.29) is 5.91 Å². The van der Waals surface area contributed by atoms with Gasteiger partial charge in [0.05, 0.1) is 16.4 Å². The topological polar surface area (TPSA) is 42.0 Å². The molecule has 2 rings (SSSR count). The van der Waals surface area contributed by atoms with E-state index in [4.69, 9.17) is 11.6 Å². The number of benzene rings is 1. The maximum atomic E-state index is 12.1. The number of hydrogen-bond acceptors (Lipinski definition) is 2. The summed E-state index contributed by atoms with van der Waals surface area (Å²) in [6, 6.07) is 8.76. The smallest absolute Gasteiger partial charge is 0.255 e. The van der Waals surface area contributed by atoms with E-state index in [0.717, 1.165) is 11.4 Å². The summed E-state index contributed by atoms with van der Waals surface area (Å²) in [5.41, 5.74) is 2.96. The third-order valence-corrected chi connectivity index (χ3v) is 3.87. The summed E-state index contributed by atoms with van der Waals surface area (Å²) in [4.78, 5) is 16.4. The molecule has 0 aliphatic heterocycles. The van der Waals surface area contributed by atoms with E-state index in [9.17, 15) is 4.79 Å². The zero-order valence-corrected chi connectivity index (χ0v) is 12.8. The van der Waals surface area contributed by atoms with Gasteiger partial charge < -0.3 is 5.32 Å². The normalized spacial score (nSPS) is 10.3. The largest absolute Gasteiger partial charge is 0.320 e. The van der Waals surface area contributed by atoms with Crippen LogP contribution in [0.4, 0.5) is 5.69 Å². The van der Waals surface area contributed by atoms with Crippen molar-refractivity contribution in [2.45, 2.75) is 13.8 Å². The molecule has 3 nitrogen and oxygen atoms in total. The second kappa shape index (κ2) is 5.72. The van der Waals surface area contributed by atoms with Crippen LogP contribution in [0.1, 0.15) is 21.7 Å². The van der Waals surface area contributed by atoms with Crippen LogP contribution < -0.4 is 5.32 Å². The van der Waals surface area contributed by atoms with Crippen molar-refractivity contribution in [3.05, 3.63) is 56.8 Å². The summed E-state index contributed by atoms with van der Waals surface area (Å²) >= 11 is 9.20. The fourth-order valence-corrected chi connectivity index (χ4v) is 2.15. The van der Waals surface area contributed by atoms with E-state index in [1.165, 1.54) is 0 Å². The minimum absolute atomic E-state index is 0.189. The van der Waals surface area contributed by atoms with Crippen molar-refractivity contribution >= 4 is 39.1 Å². The first kappa shape index (κ1) is 14.0. The van der Waals surface area contributed by atoms with E-state index >= 15 is 0 Å². The van der Waals surface area contributed by atoms with Gasteiger partial charge in [-0.05, 0) is 60.1 Å². The molecule has 0 spiro atoms. The number of rotatable bonds is 2. The van der Waals surface area contributed by atoms with Gasteiger partial charge in [-0.3, -0.25) is 9.78 Å². The first-order valence-electron chi connectivity index (χ1n) is 5.68. The Morgan fingerprint density at radius 2 is 2.00 bits per heavy atom. The van der Waals surface area contributed by atoms with Crippen molar-refractivity contribution in [3.8, 4) is 0 Å². The number of amides is 1. The lowest BCUT2D eigenvalue weighted by atomic mass is 10.2. The number of carbonyl (C=O) groups is 1. The third-order valence-electron chi connectivity index (χ3n) is 2.66. The highest BCUT2D eigenvalue weighted by Gasteiger charge is 2.10. The Hall–Kier alpha value is -1.39. The van der Waals surface area contributed by atoms with Crippen molar-refractivity contribution in [2.24, 2.45) is 0 Å². The maximum Gasteiger partial charge on any atom is 0.255 e. The number of pyridine rings is 1. The number of hydrogen-bond donors (Lipinski definition) is 1. The van der Waals surface area contributed by atoms with Crippen molar-refractivity contribution in [3.63, 3.8) is 0 Å². The Morgan fingerprint density at radius 3 is 2.63 bits per heavy atom. The number of anilines is 1. The zero-order chi connectivity index (χ0) is 14.0. The highest BCUT2D eigenvalue weighted by molar-refractivity contribution is 9.10. The summed E-state index contributed by atoms with van der Waals surface area (Å²) in [6.07, 6.45) is 0. The molecule has 0 fully saturated rings. The van der Waals surface area contributed by atoms with Crippen LogP contribution in [0, 0.1) is 13.8 Å². The van der Waals surface area contributed by atoms with Crippen LogP contribution in [-0.2, 0) is 0 Å². The van der Waals surface area contributed by atoms with Crippen LogP contribution in [-0.4, -0.2) is 10.9 Å². The van der Waals surface area contributed by atoms with E-state index in [0.29, 0.717) is 20.7 Å². The van der Waals surface area contributed by atoms with E-state index < -0.39 is 0 Å². The van der Waals surface area contributed by atoms with Gasteiger partial charge in [-0.25, -0.2) is 0 Å². The van der Waals surface area contributed by atoms with Gasteiger partial charge in [-0.2, -0.15) is 0 Å². The minimum Gasteiger partial charge on any atom is -0.320 e. The second-order valence-electron chi connectivity index (χ2n) is 4.17. The lowest BCUT2D eigenvalue weighted by Gasteiger charge is -2.09. The molecule has 0 radical (unpaired) electrons. The summed E-state index contributed by atoms with van der Waals surface area (Å²) in [5, 5.41) is 3.41. The Morgan fingerprint density at radius 1 is 1.26 bits per heavy atom. The molecule has 0 saturated heterocycles. The van der Waals surface area contributed by atoms with Gasteiger partial charge in [0.2, 0.25) is 0 Å². The summed E-state index contributed by atoms with van der Waals surface area (Å²) in [7, 11) is 0. The maximum absolute atomic E-state index is 12.1. The molecule has 5 heteroatoms. The molecule has 0 unspecified atom stereocenters. The molecule has 19 heavy (non-hydrogen) atoms. The molecular weight excluding hydrogens is 328 g/mol. The molecule has 98 valence electrons. The van der Waals surface area contributed by atoms with E-state index in [1.807, 2.05) is 26.0 Å². The van der Waals surface area contributed by atoms with Gasteiger partial charge in [0, 0.05) is 15.7 Å². The highest BCUT2D eigenvalue weighted by atomic mass is 79.9. The van der Waals surface area contributed by atoms with Gasteiger partial charge in [0.1, 0.15) is 0 Å². The van der Waals surface area contributed by atoms with Gasteiger partial charge in [-0.15, -0.1) is 0 Å². The lowest BCUT2D eigenvalue weighted by molar-refractivity contribution is 0.102. The van der Waals surface area contributed by atoms with E-state index in [1.54, 1.807) is 18.2 Å². The Balaban J connectivity index is 2.23. The van der Waals surface area contributed by atoms with Crippen LogP contribution in [0.15, 0.2) is 34.8 Å². The van der Waals surface area contributed by atoms with Crippen molar-refractivity contribution in [2.75, 3.05) is 5.32 Å². The Bertz CT molecular complexity index is 643. The Kier molecular flexibility index (Phi) is 4.22. The quantitative estimate of drug-likeness (QED) is 0.883. The molecule has 0 bridgehead atoms. The molecule has 1 aromatic heterocycles. The van der Waals surface area contributed by atoms with Crippen molar-refractivity contribution < 1.29 is 4.79 Å². The molecule has 1 heterocycles. The molecule has 0 aliphatic carbocycles. The fraction of sp³-hybridized carbons (Fsp3) is 0.143. The van der Waals surface area contributed by atoms with Gasteiger partial charge in [0.25, 0.3) is 5.91 Å². The molecule has 0 atom stereocenters. The first-order chi connectivity index (χ1) is 8.97. The van der Waals surface area contributed by atoms with Crippen molar-refractivity contribution in [1.29, 1.82) is 0 Å². The SMILES string of the molecule is Cc1ccc(NC(=O)c2ccc(Cl)c(Br)c2)c(C)n1. The zero-order valence-electron chi connectivity index (χ0n) is 10.5. The lowest BCUT2D eigenvalue weighted by Crippen LogP contribution is -2.13. The summed E-state index contributed by atoms with van der Waals surface area (Å²) < 4.78 is 0.695. The summed E-state index contributed by atoms with van der Waals surface area (Å²) in [6.45, 7) is 3.77. The predicted molar refractivity (Wildman–Crippen MR) is 80.8 cm³/mol. The summed E-state index contributed by atoms with van der Waals surface area (Å²) in [5.74, 6) is -0.189. The van der Waals surface area contributed by atoms with E-state index in [2.05, 4.69) is 26.2 Å². The first-order valence-corrected chi connectivity index (χ1v) is 6.85. The predicted octanol–water partition coefficient (Wildman–Crippen LogP) is 4.37.